The first-order valence-electron chi connectivity index (χ1n) is 3.46. The molecule has 11 heavy (non-hydrogen) atoms. The van der Waals surface area contributed by atoms with E-state index in [1.807, 2.05) is 23.9 Å². The minimum Gasteiger partial charge on any atom is -0.221 e. The summed E-state index contributed by atoms with van der Waals surface area (Å²) < 4.78 is 3.56. The molecular formula is C8H10N3+. The Kier molecular flexibility index (Phi) is 2.07. The van der Waals surface area contributed by atoms with E-state index in [0.29, 0.717) is 5.82 Å². The monoisotopic (exact) mass is 148 g/mol. The highest BCUT2D eigenvalue weighted by Crippen LogP contribution is 1.92. The maximum Gasteiger partial charge on any atom is 0.366 e. The van der Waals surface area contributed by atoms with Crippen molar-refractivity contribution in [1.29, 1.82) is 5.26 Å². The minimum absolute atomic E-state index is 0.613. The average Bonchev–Trinajstić information content (AvgIpc) is 2.45. The second kappa shape index (κ2) is 3.02. The summed E-state index contributed by atoms with van der Waals surface area (Å²) in [5, 5.41) is 8.71. The lowest BCUT2D eigenvalue weighted by Gasteiger charge is -1.88. The minimum atomic E-state index is 0.613. The second-order valence-electron chi connectivity index (χ2n) is 2.11. The van der Waals surface area contributed by atoms with Crippen molar-refractivity contribution in [2.24, 2.45) is 0 Å². The lowest BCUT2D eigenvalue weighted by molar-refractivity contribution is -0.695. The summed E-state index contributed by atoms with van der Waals surface area (Å²) in [6.07, 6.45) is 5.29. The van der Waals surface area contributed by atoms with Gasteiger partial charge in [-0.1, -0.05) is 6.58 Å². The Hall–Kier alpha value is -1.56. The summed E-state index contributed by atoms with van der Waals surface area (Å²) in [7, 11) is 0. The third kappa shape index (κ3) is 1.15. The van der Waals surface area contributed by atoms with Crippen LogP contribution in [0.1, 0.15) is 12.7 Å². The van der Waals surface area contributed by atoms with Crippen molar-refractivity contribution >= 4 is 6.20 Å². The van der Waals surface area contributed by atoms with Gasteiger partial charge in [0.15, 0.2) is 6.07 Å². The fourth-order valence-electron chi connectivity index (χ4n) is 0.966. The van der Waals surface area contributed by atoms with Crippen molar-refractivity contribution in [3.8, 4) is 6.07 Å². The molecule has 0 amide bonds. The first-order valence-corrected chi connectivity index (χ1v) is 3.46. The summed E-state index contributed by atoms with van der Waals surface area (Å²) >= 11 is 0. The highest BCUT2D eigenvalue weighted by atomic mass is 15.1. The number of imidazole rings is 1. The zero-order valence-corrected chi connectivity index (χ0v) is 6.49. The van der Waals surface area contributed by atoms with E-state index in [1.54, 1.807) is 10.8 Å². The van der Waals surface area contributed by atoms with E-state index < -0.39 is 0 Å². The van der Waals surface area contributed by atoms with Gasteiger partial charge in [-0.2, -0.15) is 9.83 Å². The molecule has 0 saturated carbocycles. The Labute approximate surface area is 65.8 Å². The molecule has 0 saturated heterocycles. The molecule has 0 atom stereocenters. The van der Waals surface area contributed by atoms with Crippen LogP contribution in [0.2, 0.25) is 0 Å². The second-order valence-corrected chi connectivity index (χ2v) is 2.11. The Morgan fingerprint density at radius 1 is 1.91 bits per heavy atom. The van der Waals surface area contributed by atoms with Crippen molar-refractivity contribution in [1.82, 2.24) is 4.57 Å². The maximum atomic E-state index is 8.71. The van der Waals surface area contributed by atoms with E-state index in [0.717, 1.165) is 6.54 Å². The third-order valence-corrected chi connectivity index (χ3v) is 1.56. The lowest BCUT2D eigenvalue weighted by Crippen LogP contribution is -2.34. The van der Waals surface area contributed by atoms with Gasteiger partial charge in [0.05, 0.1) is 12.7 Å². The molecule has 0 bridgehead atoms. The molecule has 0 aliphatic rings. The van der Waals surface area contributed by atoms with Crippen LogP contribution in [0.4, 0.5) is 0 Å². The zero-order valence-electron chi connectivity index (χ0n) is 6.49. The average molecular weight is 148 g/mol. The van der Waals surface area contributed by atoms with Crippen LogP contribution >= 0.6 is 0 Å². The number of nitriles is 1. The quantitative estimate of drug-likeness (QED) is 0.570. The normalized spacial score (nSPS) is 9.09. The summed E-state index contributed by atoms with van der Waals surface area (Å²) in [5.74, 6) is 0.613. The van der Waals surface area contributed by atoms with E-state index in [-0.39, 0.29) is 0 Å². The van der Waals surface area contributed by atoms with Crippen LogP contribution in [-0.2, 0) is 6.54 Å². The van der Waals surface area contributed by atoms with Crippen molar-refractivity contribution in [3.63, 3.8) is 0 Å². The first kappa shape index (κ1) is 7.55. The van der Waals surface area contributed by atoms with Crippen LogP contribution in [0.15, 0.2) is 19.0 Å². The fourth-order valence-corrected chi connectivity index (χ4v) is 0.966. The van der Waals surface area contributed by atoms with Gasteiger partial charge in [0.2, 0.25) is 0 Å². The number of rotatable bonds is 2. The highest BCUT2D eigenvalue weighted by molar-refractivity contribution is 5.23. The Morgan fingerprint density at radius 2 is 2.64 bits per heavy atom. The molecule has 0 aliphatic heterocycles. The van der Waals surface area contributed by atoms with Gasteiger partial charge in [0.25, 0.3) is 0 Å². The molecule has 0 aromatic carbocycles. The largest absolute Gasteiger partial charge is 0.366 e. The topological polar surface area (TPSA) is 32.6 Å². The summed E-state index contributed by atoms with van der Waals surface area (Å²) in [4.78, 5) is 0. The Bertz CT molecular complexity index is 304. The first-order chi connectivity index (χ1) is 5.33. The van der Waals surface area contributed by atoms with E-state index in [1.165, 1.54) is 0 Å². The smallest absolute Gasteiger partial charge is 0.221 e. The number of aromatic nitrogens is 2. The number of aryl methyl sites for hydroxylation is 1. The molecule has 1 aromatic heterocycles. The van der Waals surface area contributed by atoms with Crippen LogP contribution in [0.5, 0.6) is 0 Å². The van der Waals surface area contributed by atoms with Crippen molar-refractivity contribution < 1.29 is 4.57 Å². The van der Waals surface area contributed by atoms with E-state index >= 15 is 0 Å². The van der Waals surface area contributed by atoms with Gasteiger partial charge in [-0.25, -0.2) is 4.57 Å². The molecule has 3 nitrogen and oxygen atoms in total. The molecular weight excluding hydrogens is 138 g/mol. The van der Waals surface area contributed by atoms with Gasteiger partial charge < -0.3 is 0 Å². The summed E-state index contributed by atoms with van der Waals surface area (Å²) in [5.41, 5.74) is 0. The predicted octanol–water partition coefficient (Wildman–Crippen LogP) is 0.768. The van der Waals surface area contributed by atoms with Crippen molar-refractivity contribution in [3.05, 3.63) is 24.8 Å². The van der Waals surface area contributed by atoms with E-state index in [9.17, 15) is 0 Å². The molecule has 3 heteroatoms. The van der Waals surface area contributed by atoms with Crippen LogP contribution in [-0.4, -0.2) is 4.57 Å². The van der Waals surface area contributed by atoms with Crippen LogP contribution in [0.25, 0.3) is 6.20 Å². The predicted molar refractivity (Wildman–Crippen MR) is 41.4 cm³/mol. The van der Waals surface area contributed by atoms with Gasteiger partial charge in [-0.05, 0) is 6.92 Å². The third-order valence-electron chi connectivity index (χ3n) is 1.56. The van der Waals surface area contributed by atoms with Gasteiger partial charge in [0.1, 0.15) is 12.4 Å². The lowest BCUT2D eigenvalue weighted by atomic mass is 10.6. The molecule has 0 unspecified atom stereocenters. The summed E-state index contributed by atoms with van der Waals surface area (Å²) in [6.45, 7) is 6.39. The summed E-state index contributed by atoms with van der Waals surface area (Å²) in [6, 6.07) is 2.10. The van der Waals surface area contributed by atoms with Gasteiger partial charge in [0, 0.05) is 0 Å². The standard InChI is InChI=1S/C8H10N3/c1-3-10-5-6-11(4-2)8(10)7-9/h3,5-6H,1,4H2,2H3/q+1. The van der Waals surface area contributed by atoms with Crippen LogP contribution in [0, 0.1) is 11.3 Å². The molecule has 0 aliphatic carbocycles. The number of hydrogen-bond donors (Lipinski definition) is 0. The highest BCUT2D eigenvalue weighted by Gasteiger charge is 2.11. The molecule has 0 radical (unpaired) electrons. The fraction of sp³-hybridized carbons (Fsp3) is 0.250. The van der Waals surface area contributed by atoms with Gasteiger partial charge in [-0.3, -0.25) is 0 Å². The number of hydrogen-bond acceptors (Lipinski definition) is 1. The van der Waals surface area contributed by atoms with Crippen molar-refractivity contribution in [2.45, 2.75) is 13.5 Å². The SMILES string of the molecule is C=Cn1cc[n+](CC)c1C#N. The molecule has 0 N–H and O–H groups in total. The zero-order chi connectivity index (χ0) is 8.27. The Morgan fingerprint density at radius 3 is 3.09 bits per heavy atom. The molecule has 1 rings (SSSR count). The van der Waals surface area contributed by atoms with Crippen LogP contribution in [0.3, 0.4) is 0 Å². The molecule has 1 heterocycles. The molecule has 0 fully saturated rings. The molecule has 0 spiro atoms. The van der Waals surface area contributed by atoms with Crippen LogP contribution < -0.4 is 4.57 Å². The van der Waals surface area contributed by atoms with Crippen molar-refractivity contribution in [2.75, 3.05) is 0 Å². The van der Waals surface area contributed by atoms with Gasteiger partial charge in [-0.15, -0.1) is 0 Å². The molecule has 56 valence electrons. The van der Waals surface area contributed by atoms with E-state index in [4.69, 9.17) is 5.26 Å². The maximum absolute atomic E-state index is 8.71. The Balaban J connectivity index is 3.22. The number of nitrogens with zero attached hydrogens (tertiary/aromatic N) is 3. The van der Waals surface area contributed by atoms with E-state index in [2.05, 4.69) is 12.6 Å². The van der Waals surface area contributed by atoms with Gasteiger partial charge >= 0.3 is 5.82 Å². The molecule has 1 aromatic rings.